The maximum atomic E-state index is 11.8. The van der Waals surface area contributed by atoms with E-state index >= 15 is 0 Å². The molecule has 0 aliphatic carbocycles. The Morgan fingerprint density at radius 1 is 1.44 bits per heavy atom. The Balaban J connectivity index is 1.88. The molecule has 1 aromatic carbocycles. The molecule has 1 N–H and O–H groups in total. The normalized spacial score (nSPS) is 24.5. The Bertz CT molecular complexity index is 469. The number of halogens is 1. The molecule has 2 atom stereocenters. The zero-order valence-corrected chi connectivity index (χ0v) is 10.9. The van der Waals surface area contributed by atoms with Crippen molar-refractivity contribution >= 4 is 17.5 Å². The molecule has 2 aliphatic heterocycles. The van der Waals surface area contributed by atoms with E-state index in [-0.39, 0.29) is 17.4 Å². The molecular weight excluding hydrogens is 250 g/mol. The van der Waals surface area contributed by atoms with Crippen LogP contribution in [0.3, 0.4) is 0 Å². The molecule has 1 saturated heterocycles. The summed E-state index contributed by atoms with van der Waals surface area (Å²) < 4.78 is 5.61. The van der Waals surface area contributed by atoms with Crippen LogP contribution in [0.4, 0.5) is 0 Å². The second kappa shape index (κ2) is 4.90. The summed E-state index contributed by atoms with van der Waals surface area (Å²) in [5.74, 6) is 0.00862. The number of fused-ring (bicyclic) bond motifs is 1. The lowest BCUT2D eigenvalue weighted by Gasteiger charge is -2.21. The molecule has 96 valence electrons. The standard InChI is InChI=1S/C14H16ClNO2/c15-13(12-2-1-7-18-12)10-4-3-9-5-6-16-14(17)11(9)8-10/h3-4,8,12-13H,1-2,5-7H2,(H,16,17). The van der Waals surface area contributed by atoms with E-state index in [1.54, 1.807) is 0 Å². The van der Waals surface area contributed by atoms with E-state index in [0.717, 1.165) is 49.1 Å². The van der Waals surface area contributed by atoms with Crippen LogP contribution in [0.5, 0.6) is 0 Å². The molecule has 3 rings (SSSR count). The van der Waals surface area contributed by atoms with E-state index in [2.05, 4.69) is 5.32 Å². The molecule has 1 aromatic rings. The third-order valence-corrected chi connectivity index (χ3v) is 4.20. The molecule has 2 heterocycles. The fraction of sp³-hybridized carbons (Fsp3) is 0.500. The summed E-state index contributed by atoms with van der Waals surface area (Å²) in [6.07, 6.45) is 3.04. The number of carbonyl (C=O) groups is 1. The largest absolute Gasteiger partial charge is 0.376 e. The molecule has 1 fully saturated rings. The quantitative estimate of drug-likeness (QED) is 0.834. The predicted octanol–water partition coefficient (Wildman–Crippen LogP) is 2.43. The summed E-state index contributed by atoms with van der Waals surface area (Å²) in [6.45, 7) is 1.51. The average molecular weight is 266 g/mol. The van der Waals surface area contributed by atoms with E-state index < -0.39 is 0 Å². The van der Waals surface area contributed by atoms with Gasteiger partial charge in [0.2, 0.25) is 0 Å². The lowest BCUT2D eigenvalue weighted by Crippen LogP contribution is -2.32. The first kappa shape index (κ1) is 12.0. The van der Waals surface area contributed by atoms with Gasteiger partial charge in [-0.1, -0.05) is 12.1 Å². The number of amides is 1. The topological polar surface area (TPSA) is 38.3 Å². The molecular formula is C14H16ClNO2. The van der Waals surface area contributed by atoms with Gasteiger partial charge in [0, 0.05) is 18.7 Å². The molecule has 4 heteroatoms. The Morgan fingerprint density at radius 3 is 3.11 bits per heavy atom. The van der Waals surface area contributed by atoms with Gasteiger partial charge in [-0.15, -0.1) is 11.6 Å². The molecule has 0 spiro atoms. The highest BCUT2D eigenvalue weighted by Crippen LogP contribution is 2.33. The van der Waals surface area contributed by atoms with Crippen LogP contribution in [0.25, 0.3) is 0 Å². The van der Waals surface area contributed by atoms with Gasteiger partial charge < -0.3 is 10.1 Å². The molecule has 3 nitrogen and oxygen atoms in total. The van der Waals surface area contributed by atoms with E-state index in [9.17, 15) is 4.79 Å². The predicted molar refractivity (Wildman–Crippen MR) is 70.0 cm³/mol. The van der Waals surface area contributed by atoms with E-state index in [0.29, 0.717) is 0 Å². The summed E-state index contributed by atoms with van der Waals surface area (Å²) in [6, 6.07) is 5.97. The summed E-state index contributed by atoms with van der Waals surface area (Å²) >= 11 is 6.45. The summed E-state index contributed by atoms with van der Waals surface area (Å²) in [5, 5.41) is 2.70. The van der Waals surface area contributed by atoms with Crippen molar-refractivity contribution in [3.05, 3.63) is 34.9 Å². The second-order valence-corrected chi connectivity index (χ2v) is 5.35. The monoisotopic (exact) mass is 265 g/mol. The van der Waals surface area contributed by atoms with Gasteiger partial charge in [-0.2, -0.15) is 0 Å². The molecule has 18 heavy (non-hydrogen) atoms. The maximum absolute atomic E-state index is 11.8. The molecule has 0 saturated carbocycles. The van der Waals surface area contributed by atoms with Gasteiger partial charge in [0.05, 0.1) is 11.5 Å². The van der Waals surface area contributed by atoms with Gasteiger partial charge in [0.15, 0.2) is 0 Å². The smallest absolute Gasteiger partial charge is 0.251 e. The number of carbonyl (C=O) groups excluding carboxylic acids is 1. The Hall–Kier alpha value is -1.06. The van der Waals surface area contributed by atoms with Crippen LogP contribution in [0.1, 0.15) is 39.7 Å². The Morgan fingerprint density at radius 2 is 2.33 bits per heavy atom. The first-order chi connectivity index (χ1) is 8.75. The number of ether oxygens (including phenoxy) is 1. The van der Waals surface area contributed by atoms with Gasteiger partial charge in [-0.3, -0.25) is 4.79 Å². The fourth-order valence-corrected chi connectivity index (χ4v) is 2.98. The third-order valence-electron chi connectivity index (χ3n) is 3.67. The van der Waals surface area contributed by atoms with Gasteiger partial charge in [-0.25, -0.2) is 0 Å². The minimum Gasteiger partial charge on any atom is -0.376 e. The highest BCUT2D eigenvalue weighted by Gasteiger charge is 2.27. The van der Waals surface area contributed by atoms with Crippen LogP contribution in [-0.2, 0) is 11.2 Å². The van der Waals surface area contributed by atoms with Crippen LogP contribution in [0, 0.1) is 0 Å². The molecule has 1 amide bonds. The highest BCUT2D eigenvalue weighted by molar-refractivity contribution is 6.21. The molecule has 0 radical (unpaired) electrons. The second-order valence-electron chi connectivity index (χ2n) is 4.88. The van der Waals surface area contributed by atoms with Crippen molar-refractivity contribution in [1.29, 1.82) is 0 Å². The highest BCUT2D eigenvalue weighted by atomic mass is 35.5. The van der Waals surface area contributed by atoms with Crippen molar-refractivity contribution in [3.8, 4) is 0 Å². The minimum absolute atomic E-state index is 0.00862. The van der Waals surface area contributed by atoms with Crippen molar-refractivity contribution in [1.82, 2.24) is 5.32 Å². The number of hydrogen-bond donors (Lipinski definition) is 1. The zero-order valence-electron chi connectivity index (χ0n) is 10.1. The van der Waals surface area contributed by atoms with Crippen molar-refractivity contribution in [3.63, 3.8) is 0 Å². The minimum atomic E-state index is -0.160. The van der Waals surface area contributed by atoms with Crippen LogP contribution in [0.2, 0.25) is 0 Å². The van der Waals surface area contributed by atoms with E-state index in [1.807, 2.05) is 18.2 Å². The van der Waals surface area contributed by atoms with Crippen LogP contribution < -0.4 is 5.32 Å². The van der Waals surface area contributed by atoms with Crippen LogP contribution >= 0.6 is 11.6 Å². The molecule has 2 unspecified atom stereocenters. The summed E-state index contributed by atoms with van der Waals surface area (Å²) in [7, 11) is 0. The fourth-order valence-electron chi connectivity index (χ4n) is 2.65. The van der Waals surface area contributed by atoms with Crippen LogP contribution in [-0.4, -0.2) is 25.2 Å². The van der Waals surface area contributed by atoms with Gasteiger partial charge in [0.1, 0.15) is 0 Å². The van der Waals surface area contributed by atoms with Crippen molar-refractivity contribution in [2.24, 2.45) is 0 Å². The zero-order chi connectivity index (χ0) is 12.5. The van der Waals surface area contributed by atoms with Gasteiger partial charge in [0.25, 0.3) is 5.91 Å². The van der Waals surface area contributed by atoms with Crippen LogP contribution in [0.15, 0.2) is 18.2 Å². The third kappa shape index (κ3) is 2.13. The number of nitrogens with one attached hydrogen (secondary N) is 1. The number of rotatable bonds is 2. The van der Waals surface area contributed by atoms with Gasteiger partial charge >= 0.3 is 0 Å². The lowest BCUT2D eigenvalue weighted by molar-refractivity contribution is 0.0944. The van der Waals surface area contributed by atoms with Gasteiger partial charge in [-0.05, 0) is 36.5 Å². The maximum Gasteiger partial charge on any atom is 0.251 e. The van der Waals surface area contributed by atoms with E-state index in [4.69, 9.17) is 16.3 Å². The molecule has 0 bridgehead atoms. The Labute approximate surface area is 111 Å². The Kier molecular flexibility index (Phi) is 3.27. The van der Waals surface area contributed by atoms with Crippen molar-refractivity contribution < 1.29 is 9.53 Å². The lowest BCUT2D eigenvalue weighted by atomic mass is 9.95. The SMILES string of the molecule is O=C1NCCc2ccc(C(Cl)C3CCCO3)cc21. The summed E-state index contributed by atoms with van der Waals surface area (Å²) in [5.41, 5.74) is 2.86. The van der Waals surface area contributed by atoms with E-state index in [1.165, 1.54) is 0 Å². The van der Waals surface area contributed by atoms with Crippen molar-refractivity contribution in [2.75, 3.05) is 13.2 Å². The molecule has 0 aromatic heterocycles. The van der Waals surface area contributed by atoms with Crippen molar-refractivity contribution in [2.45, 2.75) is 30.7 Å². The first-order valence-electron chi connectivity index (χ1n) is 6.42. The average Bonchev–Trinajstić information content (AvgIpc) is 2.92. The first-order valence-corrected chi connectivity index (χ1v) is 6.86. The molecule has 2 aliphatic rings. The number of alkyl halides is 1. The number of benzene rings is 1. The summed E-state index contributed by atoms with van der Waals surface area (Å²) in [4.78, 5) is 11.8. The number of hydrogen-bond acceptors (Lipinski definition) is 2.